The van der Waals surface area contributed by atoms with E-state index in [0.717, 1.165) is 45.9 Å². The summed E-state index contributed by atoms with van der Waals surface area (Å²) in [5.41, 5.74) is 4.49. The minimum atomic E-state index is -3.33. The van der Waals surface area contributed by atoms with E-state index in [4.69, 9.17) is 4.98 Å². The molecule has 0 aliphatic rings. The van der Waals surface area contributed by atoms with Crippen LogP contribution in [0.15, 0.2) is 66.7 Å². The highest BCUT2D eigenvalue weighted by atomic mass is 32.2. The molecular weight excluding hydrogens is 424 g/mol. The zero-order chi connectivity index (χ0) is 22.7. The quantitative estimate of drug-likeness (QED) is 0.336. The van der Waals surface area contributed by atoms with Gasteiger partial charge in [0.15, 0.2) is 0 Å². The van der Waals surface area contributed by atoms with Gasteiger partial charge in [-0.05, 0) is 55.0 Å². The summed E-state index contributed by atoms with van der Waals surface area (Å²) in [6.07, 6.45) is 2.38. The molecule has 8 heteroatoms. The largest absolute Gasteiger partial charge is 0.354 e. The Morgan fingerprint density at radius 2 is 1.53 bits per heavy atom. The van der Waals surface area contributed by atoms with Gasteiger partial charge in [0.05, 0.1) is 23.0 Å². The molecule has 0 spiro atoms. The van der Waals surface area contributed by atoms with E-state index in [1.807, 2.05) is 61.5 Å². The van der Waals surface area contributed by atoms with Gasteiger partial charge in [0.25, 0.3) is 0 Å². The first-order valence-electron chi connectivity index (χ1n) is 10.3. The third kappa shape index (κ3) is 4.97. The van der Waals surface area contributed by atoms with Gasteiger partial charge in [0.1, 0.15) is 0 Å². The molecule has 4 rings (SSSR count). The fourth-order valence-electron chi connectivity index (χ4n) is 3.54. The van der Waals surface area contributed by atoms with Crippen LogP contribution >= 0.6 is 0 Å². The number of nitrogens with one attached hydrogen (secondary N) is 3. The van der Waals surface area contributed by atoms with Gasteiger partial charge in [-0.2, -0.15) is 0 Å². The van der Waals surface area contributed by atoms with Gasteiger partial charge in [0, 0.05) is 34.3 Å². The number of carbonyl (C=O) groups excluding carboxylic acids is 1. The molecule has 0 radical (unpaired) electrons. The van der Waals surface area contributed by atoms with Crippen LogP contribution in [-0.4, -0.2) is 25.6 Å². The second-order valence-corrected chi connectivity index (χ2v) is 9.36. The summed E-state index contributed by atoms with van der Waals surface area (Å²) in [5.74, 6) is -0.0196. The molecule has 0 fully saturated rings. The van der Waals surface area contributed by atoms with Crippen molar-refractivity contribution in [3.05, 3.63) is 66.7 Å². The van der Waals surface area contributed by atoms with E-state index < -0.39 is 10.0 Å². The maximum absolute atomic E-state index is 12.0. The molecule has 3 aromatic carbocycles. The van der Waals surface area contributed by atoms with E-state index >= 15 is 0 Å². The molecule has 1 aromatic heterocycles. The van der Waals surface area contributed by atoms with Crippen LogP contribution in [0.2, 0.25) is 0 Å². The summed E-state index contributed by atoms with van der Waals surface area (Å²) >= 11 is 0. The minimum absolute atomic E-state index is 0.0196. The number of nitrogens with zero attached hydrogens (tertiary/aromatic N) is 1. The van der Waals surface area contributed by atoms with Crippen LogP contribution in [0.5, 0.6) is 0 Å². The Morgan fingerprint density at radius 3 is 2.25 bits per heavy atom. The number of pyridine rings is 1. The topological polar surface area (TPSA) is 100 Å². The Balaban J connectivity index is 1.74. The maximum atomic E-state index is 12.0. The molecule has 0 bridgehead atoms. The standard InChI is InChI=1S/C24H24N4O3S/c1-3-6-23(29)25-18-13-14-20-22(15-18)27-21-8-5-4-7-19(21)24(20)26-16-9-11-17(12-10-16)28-32(2,30)31/h4-5,7-15,28H,3,6H2,1-2H3,(H,25,29)(H,26,27). The van der Waals surface area contributed by atoms with Crippen molar-refractivity contribution in [2.75, 3.05) is 21.6 Å². The van der Waals surface area contributed by atoms with Crippen molar-refractivity contribution < 1.29 is 13.2 Å². The van der Waals surface area contributed by atoms with Crippen LogP contribution in [0.4, 0.5) is 22.7 Å². The van der Waals surface area contributed by atoms with E-state index in [1.54, 1.807) is 12.1 Å². The number of amides is 1. The molecule has 4 aromatic rings. The molecule has 0 saturated carbocycles. The Bertz CT molecular complexity index is 1400. The summed E-state index contributed by atoms with van der Waals surface area (Å²) in [6.45, 7) is 1.97. The second-order valence-electron chi connectivity index (χ2n) is 7.61. The first-order chi connectivity index (χ1) is 15.3. The van der Waals surface area contributed by atoms with Crippen LogP contribution in [0, 0.1) is 0 Å². The average molecular weight is 449 g/mol. The minimum Gasteiger partial charge on any atom is -0.354 e. The monoisotopic (exact) mass is 448 g/mol. The van der Waals surface area contributed by atoms with E-state index in [2.05, 4.69) is 15.4 Å². The fraction of sp³-hybridized carbons (Fsp3) is 0.167. The van der Waals surface area contributed by atoms with Gasteiger partial charge in [-0.3, -0.25) is 9.52 Å². The Hall–Kier alpha value is -3.65. The van der Waals surface area contributed by atoms with Crippen molar-refractivity contribution in [2.45, 2.75) is 19.8 Å². The summed E-state index contributed by atoms with van der Waals surface area (Å²) in [4.78, 5) is 16.8. The van der Waals surface area contributed by atoms with Gasteiger partial charge in [-0.1, -0.05) is 25.1 Å². The number of hydrogen-bond acceptors (Lipinski definition) is 5. The molecule has 32 heavy (non-hydrogen) atoms. The van der Waals surface area contributed by atoms with Gasteiger partial charge >= 0.3 is 0 Å². The molecule has 0 unspecified atom stereocenters. The lowest BCUT2D eigenvalue weighted by molar-refractivity contribution is -0.116. The molecule has 164 valence electrons. The van der Waals surface area contributed by atoms with Crippen molar-refractivity contribution in [1.82, 2.24) is 4.98 Å². The predicted octanol–water partition coefficient (Wildman–Crippen LogP) is 5.24. The van der Waals surface area contributed by atoms with E-state index in [1.165, 1.54) is 0 Å². The van der Waals surface area contributed by atoms with E-state index in [-0.39, 0.29) is 5.91 Å². The maximum Gasteiger partial charge on any atom is 0.229 e. The first-order valence-corrected chi connectivity index (χ1v) is 12.2. The number of rotatable bonds is 7. The highest BCUT2D eigenvalue weighted by Gasteiger charge is 2.11. The SMILES string of the molecule is CCCC(=O)Nc1ccc2c(Nc3ccc(NS(C)(=O)=O)cc3)c3ccccc3nc2c1. The molecule has 1 heterocycles. The number of anilines is 4. The van der Waals surface area contributed by atoms with Crippen molar-refractivity contribution in [1.29, 1.82) is 0 Å². The number of fused-ring (bicyclic) bond motifs is 2. The first kappa shape index (κ1) is 21.6. The van der Waals surface area contributed by atoms with Crippen LogP contribution in [0.25, 0.3) is 21.8 Å². The number of hydrogen-bond donors (Lipinski definition) is 3. The zero-order valence-corrected chi connectivity index (χ0v) is 18.7. The number of para-hydroxylation sites is 1. The van der Waals surface area contributed by atoms with Crippen LogP contribution in [0.1, 0.15) is 19.8 Å². The summed E-state index contributed by atoms with van der Waals surface area (Å²) < 4.78 is 25.3. The molecule has 3 N–H and O–H groups in total. The van der Waals surface area contributed by atoms with Gasteiger partial charge in [-0.15, -0.1) is 0 Å². The molecule has 0 saturated heterocycles. The second kappa shape index (κ2) is 8.84. The highest BCUT2D eigenvalue weighted by Crippen LogP contribution is 2.34. The van der Waals surface area contributed by atoms with E-state index in [9.17, 15) is 13.2 Å². The van der Waals surface area contributed by atoms with Crippen molar-refractivity contribution in [3.8, 4) is 0 Å². The third-order valence-corrected chi connectivity index (χ3v) is 5.51. The molecule has 0 aliphatic heterocycles. The van der Waals surface area contributed by atoms with Crippen LogP contribution in [-0.2, 0) is 14.8 Å². The summed E-state index contributed by atoms with van der Waals surface area (Å²) in [5, 5.41) is 8.25. The molecule has 7 nitrogen and oxygen atoms in total. The third-order valence-electron chi connectivity index (χ3n) is 4.90. The van der Waals surface area contributed by atoms with Crippen molar-refractivity contribution in [3.63, 3.8) is 0 Å². The molecule has 0 atom stereocenters. The molecule has 1 amide bonds. The number of aromatic nitrogens is 1. The number of benzene rings is 3. The molecular formula is C24H24N4O3S. The lowest BCUT2D eigenvalue weighted by Crippen LogP contribution is -2.10. The Kier molecular flexibility index (Phi) is 5.96. The van der Waals surface area contributed by atoms with Gasteiger partial charge in [0.2, 0.25) is 15.9 Å². The summed E-state index contributed by atoms with van der Waals surface area (Å²) in [7, 11) is -3.33. The Labute approximate surface area is 186 Å². The van der Waals surface area contributed by atoms with Crippen LogP contribution < -0.4 is 15.4 Å². The van der Waals surface area contributed by atoms with Gasteiger partial charge < -0.3 is 10.6 Å². The van der Waals surface area contributed by atoms with Gasteiger partial charge in [-0.25, -0.2) is 13.4 Å². The Morgan fingerprint density at radius 1 is 0.875 bits per heavy atom. The number of sulfonamides is 1. The van der Waals surface area contributed by atoms with Crippen molar-refractivity contribution >= 4 is 60.5 Å². The predicted molar refractivity (Wildman–Crippen MR) is 131 cm³/mol. The average Bonchev–Trinajstić information content (AvgIpc) is 2.74. The zero-order valence-electron chi connectivity index (χ0n) is 17.8. The summed E-state index contributed by atoms with van der Waals surface area (Å²) in [6, 6.07) is 20.6. The highest BCUT2D eigenvalue weighted by molar-refractivity contribution is 7.92. The lowest BCUT2D eigenvalue weighted by Gasteiger charge is -2.15. The van der Waals surface area contributed by atoms with Crippen molar-refractivity contribution in [2.24, 2.45) is 0 Å². The number of carbonyl (C=O) groups is 1. The fourth-order valence-corrected chi connectivity index (χ4v) is 4.10. The van der Waals surface area contributed by atoms with E-state index in [0.29, 0.717) is 17.8 Å². The normalized spacial score (nSPS) is 11.4. The molecule has 0 aliphatic carbocycles. The van der Waals surface area contributed by atoms with Crippen LogP contribution in [0.3, 0.4) is 0 Å². The smallest absolute Gasteiger partial charge is 0.229 e. The lowest BCUT2D eigenvalue weighted by atomic mass is 10.1.